The monoisotopic (exact) mass is 359 g/mol. The van der Waals surface area contributed by atoms with Gasteiger partial charge in [0.05, 0.1) is 5.56 Å². The van der Waals surface area contributed by atoms with E-state index < -0.39 is 22.0 Å². The fraction of sp³-hybridized carbons (Fsp3) is 0.235. The molecular formula is C17H17N3O4S. The number of nitrogens with zero attached hydrogens (tertiary/aromatic N) is 2. The zero-order valence-electron chi connectivity index (χ0n) is 13.7. The van der Waals surface area contributed by atoms with Crippen LogP contribution in [0.15, 0.2) is 53.7 Å². The van der Waals surface area contributed by atoms with Gasteiger partial charge in [-0.3, -0.25) is 9.78 Å². The van der Waals surface area contributed by atoms with E-state index in [0.29, 0.717) is 0 Å². The minimum Gasteiger partial charge on any atom is -0.479 e. The van der Waals surface area contributed by atoms with Crippen molar-refractivity contribution in [2.45, 2.75) is 24.8 Å². The number of carbonyl (C=O) groups is 1. The number of nitriles is 1. The molecule has 1 heterocycles. The van der Waals surface area contributed by atoms with Crippen molar-refractivity contribution >= 4 is 15.9 Å². The summed E-state index contributed by atoms with van der Waals surface area (Å²) in [6.45, 7) is 3.44. The van der Waals surface area contributed by atoms with E-state index in [1.54, 1.807) is 38.1 Å². The third-order valence-electron chi connectivity index (χ3n) is 3.31. The van der Waals surface area contributed by atoms with Gasteiger partial charge in [0.1, 0.15) is 16.7 Å². The van der Waals surface area contributed by atoms with Gasteiger partial charge in [-0.15, -0.1) is 0 Å². The van der Waals surface area contributed by atoms with Crippen LogP contribution in [0.1, 0.15) is 19.4 Å². The number of carbonyl (C=O) groups excluding carboxylic acids is 1. The molecule has 0 fully saturated rings. The maximum absolute atomic E-state index is 12.5. The number of rotatable bonds is 6. The molecule has 1 unspecified atom stereocenters. The first-order valence-corrected chi connectivity index (χ1v) is 8.96. The highest BCUT2D eigenvalue weighted by Crippen LogP contribution is 2.21. The smallest absolute Gasteiger partial charge is 0.275 e. The number of benzene rings is 1. The average molecular weight is 359 g/mol. The molecule has 1 aromatic heterocycles. The predicted octanol–water partition coefficient (Wildman–Crippen LogP) is 1.86. The Kier molecular flexibility index (Phi) is 5.72. The molecule has 0 saturated carbocycles. The van der Waals surface area contributed by atoms with E-state index >= 15 is 0 Å². The van der Waals surface area contributed by atoms with Gasteiger partial charge in [-0.1, -0.05) is 26.0 Å². The Morgan fingerprint density at radius 1 is 1.24 bits per heavy atom. The zero-order valence-corrected chi connectivity index (χ0v) is 14.5. The lowest BCUT2D eigenvalue weighted by Crippen LogP contribution is -2.44. The standard InChI is InChI=1S/C17H17N3O4S/c1-12(2)16(24-15-8-4-3-6-13(15)10-18)17(21)20-25(22,23)14-7-5-9-19-11-14/h3-9,11-12,16H,1-2H3,(H,20,21). The highest BCUT2D eigenvalue weighted by molar-refractivity contribution is 7.90. The summed E-state index contributed by atoms with van der Waals surface area (Å²) in [6.07, 6.45) is 1.49. The minimum absolute atomic E-state index is 0.122. The summed E-state index contributed by atoms with van der Waals surface area (Å²) < 4.78 is 32.2. The van der Waals surface area contributed by atoms with Crippen LogP contribution in [0.25, 0.3) is 0 Å². The summed E-state index contributed by atoms with van der Waals surface area (Å²) in [5, 5.41) is 9.11. The normalized spacial score (nSPS) is 12.2. The van der Waals surface area contributed by atoms with E-state index in [9.17, 15) is 13.2 Å². The van der Waals surface area contributed by atoms with Gasteiger partial charge in [-0.25, -0.2) is 13.1 Å². The van der Waals surface area contributed by atoms with Crippen LogP contribution >= 0.6 is 0 Å². The molecule has 130 valence electrons. The molecule has 0 saturated heterocycles. The molecule has 0 aliphatic rings. The molecule has 7 nitrogen and oxygen atoms in total. The summed E-state index contributed by atoms with van der Waals surface area (Å²) in [5.41, 5.74) is 0.260. The summed E-state index contributed by atoms with van der Waals surface area (Å²) in [5.74, 6) is -0.917. The van der Waals surface area contributed by atoms with Crippen molar-refractivity contribution in [2.24, 2.45) is 5.92 Å². The summed E-state index contributed by atoms with van der Waals surface area (Å²) in [7, 11) is -4.05. The van der Waals surface area contributed by atoms with Gasteiger partial charge >= 0.3 is 0 Å². The lowest BCUT2D eigenvalue weighted by Gasteiger charge is -2.22. The molecule has 0 aliphatic carbocycles. The minimum atomic E-state index is -4.05. The molecule has 1 atom stereocenters. The lowest BCUT2D eigenvalue weighted by molar-refractivity contribution is -0.127. The molecule has 0 radical (unpaired) electrons. The second-order valence-electron chi connectivity index (χ2n) is 5.55. The van der Waals surface area contributed by atoms with Crippen molar-refractivity contribution in [3.05, 3.63) is 54.4 Å². The lowest BCUT2D eigenvalue weighted by atomic mass is 10.1. The fourth-order valence-corrected chi connectivity index (χ4v) is 3.00. The SMILES string of the molecule is CC(C)C(Oc1ccccc1C#N)C(=O)NS(=O)(=O)c1cccnc1. The number of sulfonamides is 1. The Hall–Kier alpha value is -2.92. The van der Waals surface area contributed by atoms with Crippen molar-refractivity contribution in [1.29, 1.82) is 5.26 Å². The second kappa shape index (κ2) is 7.77. The quantitative estimate of drug-likeness (QED) is 0.843. The van der Waals surface area contributed by atoms with Crippen molar-refractivity contribution in [2.75, 3.05) is 0 Å². The maximum Gasteiger partial charge on any atom is 0.275 e. The van der Waals surface area contributed by atoms with E-state index in [-0.39, 0.29) is 22.1 Å². The average Bonchev–Trinajstić information content (AvgIpc) is 2.60. The van der Waals surface area contributed by atoms with Crippen LogP contribution in [0, 0.1) is 17.2 Å². The number of nitrogens with one attached hydrogen (secondary N) is 1. The van der Waals surface area contributed by atoms with Crippen molar-refractivity contribution in [1.82, 2.24) is 9.71 Å². The largest absolute Gasteiger partial charge is 0.479 e. The van der Waals surface area contributed by atoms with Crippen LogP contribution in [0.4, 0.5) is 0 Å². The summed E-state index contributed by atoms with van der Waals surface area (Å²) in [6, 6.07) is 11.2. The first kappa shape index (κ1) is 18.4. The number of amides is 1. The van der Waals surface area contributed by atoms with Gasteiger partial charge in [0.25, 0.3) is 15.9 Å². The Morgan fingerprint density at radius 2 is 1.96 bits per heavy atom. The van der Waals surface area contributed by atoms with Crippen LogP contribution in [-0.4, -0.2) is 25.4 Å². The number of aromatic nitrogens is 1. The molecule has 0 bridgehead atoms. The van der Waals surface area contributed by atoms with E-state index in [1.165, 1.54) is 18.3 Å². The summed E-state index contributed by atoms with van der Waals surface area (Å²) >= 11 is 0. The van der Waals surface area contributed by atoms with Gasteiger partial charge in [0.15, 0.2) is 6.10 Å². The third kappa shape index (κ3) is 4.55. The van der Waals surface area contributed by atoms with Gasteiger partial charge in [-0.2, -0.15) is 5.26 Å². The third-order valence-corrected chi connectivity index (χ3v) is 4.64. The van der Waals surface area contributed by atoms with E-state index in [2.05, 4.69) is 4.98 Å². The van der Waals surface area contributed by atoms with Gasteiger partial charge in [-0.05, 0) is 30.2 Å². The highest BCUT2D eigenvalue weighted by Gasteiger charge is 2.29. The van der Waals surface area contributed by atoms with Crippen LogP contribution in [0.5, 0.6) is 5.75 Å². The Labute approximate surface area is 146 Å². The van der Waals surface area contributed by atoms with Gasteiger partial charge in [0, 0.05) is 12.4 Å². The summed E-state index contributed by atoms with van der Waals surface area (Å²) in [4.78, 5) is 16.1. The molecule has 2 rings (SSSR count). The van der Waals surface area contributed by atoms with Crippen molar-refractivity contribution < 1.29 is 17.9 Å². The van der Waals surface area contributed by atoms with Crippen LogP contribution in [0.2, 0.25) is 0 Å². The molecule has 25 heavy (non-hydrogen) atoms. The molecule has 1 N–H and O–H groups in total. The Morgan fingerprint density at radius 3 is 2.56 bits per heavy atom. The molecule has 1 aromatic carbocycles. The van der Waals surface area contributed by atoms with E-state index in [1.807, 2.05) is 10.8 Å². The molecule has 0 aliphatic heterocycles. The van der Waals surface area contributed by atoms with Crippen molar-refractivity contribution in [3.8, 4) is 11.8 Å². The molecule has 8 heteroatoms. The molecule has 1 amide bonds. The Bertz CT molecular complexity index is 890. The van der Waals surface area contributed by atoms with E-state index in [0.717, 1.165) is 6.20 Å². The van der Waals surface area contributed by atoms with E-state index in [4.69, 9.17) is 10.00 Å². The first-order valence-electron chi connectivity index (χ1n) is 7.47. The number of hydrogen-bond donors (Lipinski definition) is 1. The van der Waals surface area contributed by atoms with Crippen molar-refractivity contribution in [3.63, 3.8) is 0 Å². The van der Waals surface area contributed by atoms with Gasteiger partial charge in [0.2, 0.25) is 0 Å². The predicted molar refractivity (Wildman–Crippen MR) is 90.0 cm³/mol. The van der Waals surface area contributed by atoms with Crippen LogP contribution in [0.3, 0.4) is 0 Å². The van der Waals surface area contributed by atoms with Gasteiger partial charge < -0.3 is 4.74 Å². The molecule has 2 aromatic rings. The second-order valence-corrected chi connectivity index (χ2v) is 7.23. The molecular weight excluding hydrogens is 342 g/mol. The van der Waals surface area contributed by atoms with Crippen LogP contribution in [-0.2, 0) is 14.8 Å². The first-order chi connectivity index (χ1) is 11.8. The zero-order chi connectivity index (χ0) is 18.4. The fourth-order valence-electron chi connectivity index (χ4n) is 2.05. The topological polar surface area (TPSA) is 109 Å². The van der Waals surface area contributed by atoms with Crippen LogP contribution < -0.4 is 9.46 Å². The maximum atomic E-state index is 12.5. The number of hydrogen-bond acceptors (Lipinski definition) is 6. The number of para-hydroxylation sites is 1. The molecule has 0 spiro atoms. The highest BCUT2D eigenvalue weighted by atomic mass is 32.2. The number of ether oxygens (including phenoxy) is 1. The Balaban J connectivity index is 2.23. The number of pyridine rings is 1.